The second-order valence-electron chi connectivity index (χ2n) is 14.4. The molecule has 0 saturated carbocycles. The van der Waals surface area contributed by atoms with Gasteiger partial charge >= 0.3 is 0 Å². The van der Waals surface area contributed by atoms with Crippen molar-refractivity contribution in [3.05, 3.63) is 118 Å². The van der Waals surface area contributed by atoms with Crippen LogP contribution >= 0.6 is 0 Å². The third kappa shape index (κ3) is 10.1. The number of anilines is 1. The molecule has 3 aromatic carbocycles. The fourth-order valence-electron chi connectivity index (χ4n) is 7.57. The molecule has 1 aliphatic carbocycles. The molecule has 1 aliphatic rings. The van der Waals surface area contributed by atoms with E-state index in [2.05, 4.69) is 101 Å². The minimum atomic E-state index is -0.160. The third-order valence-corrected chi connectivity index (χ3v) is 10.4. The molecule has 0 fully saturated rings. The Labute approximate surface area is 311 Å². The molecule has 52 heavy (non-hydrogen) atoms. The number of aromatic amines is 1. The smallest absolute Gasteiger partial charge is 0.280 e. The fraction of sp³-hybridized carbons (Fsp3) is 0.489. The molecule has 2 aromatic heterocycles. The largest absolute Gasteiger partial charge is 0.494 e. The highest BCUT2D eigenvalue weighted by Gasteiger charge is 2.52. The molecule has 0 radical (unpaired) electrons. The number of nitrogen functional groups attached to an aromatic ring is 1. The molecule has 6 rings (SSSR count). The van der Waals surface area contributed by atoms with Crippen molar-refractivity contribution < 1.29 is 4.74 Å². The first-order chi connectivity index (χ1) is 25.6. The number of unbranched alkanes of at least 4 members (excludes halogenated alkanes) is 15. The molecule has 7 nitrogen and oxygen atoms in total. The first-order valence-corrected chi connectivity index (χ1v) is 20.2. The van der Waals surface area contributed by atoms with E-state index in [0.29, 0.717) is 17.7 Å². The van der Waals surface area contributed by atoms with Crippen LogP contribution < -0.4 is 16.0 Å². The van der Waals surface area contributed by atoms with Crippen molar-refractivity contribution in [1.82, 2.24) is 19.5 Å². The summed E-state index contributed by atoms with van der Waals surface area (Å²) in [4.78, 5) is 22.4. The number of fused-ring (bicyclic) bond motifs is 2. The summed E-state index contributed by atoms with van der Waals surface area (Å²) in [6, 6.07) is 28.5. The van der Waals surface area contributed by atoms with E-state index in [1.807, 2.05) is 6.92 Å². The summed E-state index contributed by atoms with van der Waals surface area (Å²) >= 11 is 0. The van der Waals surface area contributed by atoms with Gasteiger partial charge in [-0.05, 0) is 47.2 Å². The van der Waals surface area contributed by atoms with Crippen molar-refractivity contribution in [2.24, 2.45) is 0 Å². The van der Waals surface area contributed by atoms with Gasteiger partial charge in [-0.3, -0.25) is 9.36 Å². The highest BCUT2D eigenvalue weighted by molar-refractivity contribution is 5.75. The van der Waals surface area contributed by atoms with Gasteiger partial charge < -0.3 is 15.5 Å². The molecule has 0 aliphatic heterocycles. The number of ether oxygens (including phenoxy) is 1. The van der Waals surface area contributed by atoms with Crippen LogP contribution in [0, 0.1) is 0 Å². The highest BCUT2D eigenvalue weighted by Crippen LogP contribution is 2.59. The SMILES string of the molecule is CCCCCCCCCCCCCCCCCCOc1cccc(C2(c3ccccc3)c3ccccc32)c1.CCCn1c(N)nc2nc[nH]c2c1=O. The van der Waals surface area contributed by atoms with E-state index in [1.54, 1.807) is 0 Å². The zero-order valence-corrected chi connectivity index (χ0v) is 31.8. The van der Waals surface area contributed by atoms with E-state index in [0.717, 1.165) is 25.2 Å². The monoisotopic (exact) mass is 703 g/mol. The Morgan fingerprint density at radius 1 is 0.673 bits per heavy atom. The Kier molecular flexibility index (Phi) is 15.4. The molecular weight excluding hydrogens is 643 g/mol. The highest BCUT2D eigenvalue weighted by atomic mass is 16.5. The Hall–Kier alpha value is -4.39. The average molecular weight is 704 g/mol. The lowest BCUT2D eigenvalue weighted by molar-refractivity contribution is 0.304. The van der Waals surface area contributed by atoms with E-state index >= 15 is 0 Å². The number of rotatable bonds is 22. The molecule has 0 spiro atoms. The van der Waals surface area contributed by atoms with Crippen LogP contribution in [-0.4, -0.2) is 26.1 Å². The Morgan fingerprint density at radius 3 is 1.83 bits per heavy atom. The molecule has 0 saturated heterocycles. The number of hydrogen-bond acceptors (Lipinski definition) is 5. The topological polar surface area (TPSA) is 98.8 Å². The normalized spacial score (nSPS) is 12.7. The zero-order chi connectivity index (χ0) is 36.4. The molecule has 0 amide bonds. The van der Waals surface area contributed by atoms with Gasteiger partial charge in [0.2, 0.25) is 5.95 Å². The second-order valence-corrected chi connectivity index (χ2v) is 14.4. The van der Waals surface area contributed by atoms with Gasteiger partial charge in [0.25, 0.3) is 5.56 Å². The van der Waals surface area contributed by atoms with Crippen molar-refractivity contribution in [3.8, 4) is 5.75 Å². The number of nitrogens with two attached hydrogens (primary N) is 1. The van der Waals surface area contributed by atoms with Crippen LogP contribution in [0.3, 0.4) is 0 Å². The van der Waals surface area contributed by atoms with Crippen LogP contribution in [-0.2, 0) is 12.0 Å². The van der Waals surface area contributed by atoms with Crippen molar-refractivity contribution in [1.29, 1.82) is 0 Å². The maximum Gasteiger partial charge on any atom is 0.280 e. The van der Waals surface area contributed by atoms with Gasteiger partial charge in [-0.2, -0.15) is 4.98 Å². The molecule has 0 atom stereocenters. The Balaban J connectivity index is 0.000000310. The summed E-state index contributed by atoms with van der Waals surface area (Å²) in [7, 11) is 0. The van der Waals surface area contributed by atoms with Crippen LogP contribution in [0.2, 0.25) is 0 Å². The standard InChI is InChI=1S/C37H50O.C8H11N5O/c1-2-3-4-5-6-7-8-9-10-11-12-13-14-15-16-22-30-38-34-27-23-26-33(31-34)37(32-24-18-17-19-25-32)35-28-20-21-29-36(35)37;1-2-3-13-7(14)5-6(11-4-10-5)12-8(13)9/h17-21,23-29,31H,2-16,22,30H2,1H3;4H,2-3H2,1H3,(H2,9,12)(H,10,11). The lowest BCUT2D eigenvalue weighted by Crippen LogP contribution is -2.24. The predicted octanol–water partition coefficient (Wildman–Crippen LogP) is 11.1. The summed E-state index contributed by atoms with van der Waals surface area (Å²) in [5.74, 6) is 1.22. The molecule has 0 bridgehead atoms. The van der Waals surface area contributed by atoms with Crippen molar-refractivity contribution in [2.75, 3.05) is 12.3 Å². The van der Waals surface area contributed by atoms with E-state index in [4.69, 9.17) is 10.5 Å². The van der Waals surface area contributed by atoms with E-state index in [9.17, 15) is 4.79 Å². The van der Waals surface area contributed by atoms with Gasteiger partial charge in [0.15, 0.2) is 11.2 Å². The molecular formula is C45H61N5O2. The summed E-state index contributed by atoms with van der Waals surface area (Å²) in [6.45, 7) is 5.66. The van der Waals surface area contributed by atoms with Crippen LogP contribution in [0.25, 0.3) is 11.2 Å². The number of nitrogens with one attached hydrogen (secondary N) is 1. The van der Waals surface area contributed by atoms with Crippen LogP contribution in [0.4, 0.5) is 5.95 Å². The lowest BCUT2D eigenvalue weighted by Gasteiger charge is -2.19. The molecule has 3 N–H and O–H groups in total. The summed E-state index contributed by atoms with van der Waals surface area (Å²) in [6.07, 6.45) is 24.6. The Morgan fingerprint density at radius 2 is 1.23 bits per heavy atom. The number of benzene rings is 3. The molecule has 0 unspecified atom stereocenters. The van der Waals surface area contributed by atoms with Crippen LogP contribution in [0.1, 0.15) is 145 Å². The summed E-state index contributed by atoms with van der Waals surface area (Å²) in [5, 5.41) is 0. The van der Waals surface area contributed by atoms with Crippen molar-refractivity contribution in [2.45, 2.75) is 135 Å². The zero-order valence-electron chi connectivity index (χ0n) is 31.8. The second kappa shape index (κ2) is 20.6. The predicted molar refractivity (Wildman–Crippen MR) is 216 cm³/mol. The minimum Gasteiger partial charge on any atom is -0.494 e. The number of imidazole rings is 1. The lowest BCUT2D eigenvalue weighted by atomic mass is 9.84. The molecule has 278 valence electrons. The summed E-state index contributed by atoms with van der Waals surface area (Å²) < 4.78 is 7.67. The number of aromatic nitrogens is 4. The summed E-state index contributed by atoms with van der Waals surface area (Å²) in [5.41, 5.74) is 11.6. The van der Waals surface area contributed by atoms with Crippen LogP contribution in [0.5, 0.6) is 5.75 Å². The minimum absolute atomic E-state index is 0.113. The van der Waals surface area contributed by atoms with Crippen LogP contribution in [0.15, 0.2) is 90.0 Å². The van der Waals surface area contributed by atoms with Gasteiger partial charge in [-0.15, -0.1) is 0 Å². The average Bonchev–Trinajstić information content (AvgIpc) is 3.63. The number of nitrogens with zero attached hydrogens (tertiary/aromatic N) is 3. The first-order valence-electron chi connectivity index (χ1n) is 20.2. The maximum absolute atomic E-state index is 11.8. The first kappa shape index (κ1) is 38.8. The quantitative estimate of drug-likeness (QED) is 0.0686. The maximum atomic E-state index is 11.8. The fourth-order valence-corrected chi connectivity index (χ4v) is 7.57. The van der Waals surface area contributed by atoms with Crippen molar-refractivity contribution in [3.63, 3.8) is 0 Å². The molecule has 7 heteroatoms. The van der Waals surface area contributed by atoms with E-state index < -0.39 is 0 Å². The van der Waals surface area contributed by atoms with Gasteiger partial charge in [0.05, 0.1) is 18.3 Å². The van der Waals surface area contributed by atoms with Gasteiger partial charge in [0, 0.05) is 6.54 Å². The third-order valence-electron chi connectivity index (χ3n) is 10.4. The van der Waals surface area contributed by atoms with E-state index in [-0.39, 0.29) is 16.9 Å². The van der Waals surface area contributed by atoms with Gasteiger partial charge in [-0.25, -0.2) is 4.98 Å². The number of H-pyrrole nitrogens is 1. The van der Waals surface area contributed by atoms with E-state index in [1.165, 1.54) is 129 Å². The van der Waals surface area contributed by atoms with Crippen molar-refractivity contribution >= 4 is 17.1 Å². The molecule has 2 heterocycles. The number of hydrogen-bond donors (Lipinski definition) is 2. The molecule has 5 aromatic rings. The Bertz CT molecular complexity index is 1810. The van der Waals surface area contributed by atoms with Gasteiger partial charge in [-0.1, -0.05) is 177 Å². The van der Waals surface area contributed by atoms with Gasteiger partial charge in [0.1, 0.15) is 5.75 Å².